The average Bonchev–Trinajstić information content (AvgIpc) is 2.75. The minimum Gasteiger partial charge on any atom is -0.480 e. The van der Waals surface area contributed by atoms with Gasteiger partial charge in [-0.25, -0.2) is 9.97 Å². The van der Waals surface area contributed by atoms with Crippen LogP contribution in [0.25, 0.3) is 11.0 Å². The standard InChI is InChI=1S/C24H38N2O4Si/c1-23(2,3)31-30-24(4,5)16-12-10-15(11-13-16)21(27)22(28)17-8-7-9-18-20(17)26-19(29-6)14-25-18/h7-9,14-16,21-22,27-28H,10-13,31H2,1-6H3/t15-,16-,21-,22-/m1/s1. The maximum Gasteiger partial charge on any atom is 0.232 e. The van der Waals surface area contributed by atoms with E-state index in [9.17, 15) is 10.2 Å². The van der Waals surface area contributed by atoms with E-state index in [2.05, 4.69) is 44.6 Å². The van der Waals surface area contributed by atoms with Gasteiger partial charge in [-0.1, -0.05) is 32.9 Å². The van der Waals surface area contributed by atoms with Gasteiger partial charge < -0.3 is 19.4 Å². The number of aliphatic hydroxyl groups is 2. The Hall–Kier alpha value is -1.54. The van der Waals surface area contributed by atoms with Crippen molar-refractivity contribution in [2.24, 2.45) is 11.8 Å². The second-order valence-corrected chi connectivity index (χ2v) is 13.3. The van der Waals surface area contributed by atoms with Gasteiger partial charge in [-0.15, -0.1) is 0 Å². The Morgan fingerprint density at radius 3 is 2.35 bits per heavy atom. The molecule has 2 aromatic rings. The summed E-state index contributed by atoms with van der Waals surface area (Å²) < 4.78 is 11.6. The lowest BCUT2D eigenvalue weighted by Gasteiger charge is -2.42. The number of methoxy groups -OCH3 is 1. The first-order valence-electron chi connectivity index (χ1n) is 11.3. The summed E-state index contributed by atoms with van der Waals surface area (Å²) in [6, 6.07) is 5.49. The summed E-state index contributed by atoms with van der Waals surface area (Å²) in [6.07, 6.45) is 3.48. The van der Waals surface area contributed by atoms with E-state index in [4.69, 9.17) is 9.16 Å². The van der Waals surface area contributed by atoms with Gasteiger partial charge in [-0.3, -0.25) is 0 Å². The van der Waals surface area contributed by atoms with Crippen molar-refractivity contribution in [2.45, 2.75) is 83.1 Å². The molecule has 1 aromatic heterocycles. The van der Waals surface area contributed by atoms with Crippen LogP contribution in [0.1, 0.15) is 72.0 Å². The minimum absolute atomic E-state index is 0.0516. The Balaban J connectivity index is 1.67. The summed E-state index contributed by atoms with van der Waals surface area (Å²) in [4.78, 5) is 8.81. The molecule has 0 radical (unpaired) electrons. The Morgan fingerprint density at radius 2 is 1.74 bits per heavy atom. The largest absolute Gasteiger partial charge is 0.480 e. The minimum atomic E-state index is -1.01. The molecule has 2 atom stereocenters. The highest BCUT2D eigenvalue weighted by Gasteiger charge is 2.38. The first-order chi connectivity index (χ1) is 14.5. The van der Waals surface area contributed by atoms with Gasteiger partial charge in [0.25, 0.3) is 0 Å². The molecule has 1 saturated carbocycles. The normalized spacial score (nSPS) is 22.7. The summed E-state index contributed by atoms with van der Waals surface area (Å²) >= 11 is 0. The molecule has 7 heteroatoms. The first-order valence-corrected chi connectivity index (χ1v) is 12.6. The highest BCUT2D eigenvalue weighted by atomic mass is 28.2. The second-order valence-electron chi connectivity index (χ2n) is 10.6. The van der Waals surface area contributed by atoms with Gasteiger partial charge in [0.1, 0.15) is 6.10 Å². The molecule has 31 heavy (non-hydrogen) atoms. The molecule has 1 heterocycles. The molecule has 0 bridgehead atoms. The fourth-order valence-corrected chi connectivity index (χ4v) is 5.53. The van der Waals surface area contributed by atoms with Gasteiger partial charge in [-0.2, -0.15) is 0 Å². The molecule has 0 unspecified atom stereocenters. The SMILES string of the molecule is COc1cnc2cccc([C@@H](O)[C@H](O)[C@H]3CC[C@H](C(C)(C)O[SiH2]C(C)(C)C)CC3)c2n1. The van der Waals surface area contributed by atoms with Crippen LogP contribution in [0.5, 0.6) is 5.88 Å². The number of aromatic nitrogens is 2. The fraction of sp³-hybridized carbons (Fsp3) is 0.667. The molecule has 0 amide bonds. The molecule has 2 N–H and O–H groups in total. The van der Waals surface area contributed by atoms with Crippen LogP contribution >= 0.6 is 0 Å². The van der Waals surface area contributed by atoms with Crippen molar-refractivity contribution < 1.29 is 19.4 Å². The zero-order valence-corrected chi connectivity index (χ0v) is 21.2. The molecule has 1 aliphatic rings. The number of fused-ring (bicyclic) bond motifs is 1. The van der Waals surface area contributed by atoms with Crippen LogP contribution in [0, 0.1) is 11.8 Å². The highest BCUT2D eigenvalue weighted by Crippen LogP contribution is 2.41. The van der Waals surface area contributed by atoms with E-state index in [0.29, 0.717) is 28.4 Å². The monoisotopic (exact) mass is 446 g/mol. The number of hydrogen-bond donors (Lipinski definition) is 2. The van der Waals surface area contributed by atoms with Crippen LogP contribution in [0.3, 0.4) is 0 Å². The zero-order valence-electron chi connectivity index (χ0n) is 19.8. The lowest BCUT2D eigenvalue weighted by Crippen LogP contribution is -2.41. The number of nitrogens with zero attached hydrogens (tertiary/aromatic N) is 2. The van der Waals surface area contributed by atoms with E-state index < -0.39 is 22.0 Å². The average molecular weight is 447 g/mol. The third-order valence-electron chi connectivity index (χ3n) is 6.55. The summed E-state index contributed by atoms with van der Waals surface area (Å²) in [7, 11) is 0.925. The van der Waals surface area contributed by atoms with Crippen molar-refractivity contribution in [2.75, 3.05) is 7.11 Å². The Kier molecular flexibility index (Phi) is 7.41. The number of ether oxygens (including phenoxy) is 1. The first kappa shape index (κ1) is 24.1. The molecule has 1 aliphatic carbocycles. The summed E-state index contributed by atoms with van der Waals surface area (Å²) in [5, 5.41) is 22.3. The van der Waals surface area contributed by atoms with E-state index in [1.165, 1.54) is 7.11 Å². The lowest BCUT2D eigenvalue weighted by atomic mass is 9.72. The van der Waals surface area contributed by atoms with Crippen LogP contribution in [-0.2, 0) is 4.43 Å². The van der Waals surface area contributed by atoms with Gasteiger partial charge in [0, 0.05) is 5.56 Å². The molecular weight excluding hydrogens is 408 g/mol. The molecule has 0 spiro atoms. The predicted molar refractivity (Wildman–Crippen MR) is 126 cm³/mol. The molecule has 0 saturated heterocycles. The van der Waals surface area contributed by atoms with Gasteiger partial charge in [0.2, 0.25) is 5.88 Å². The number of hydrogen-bond acceptors (Lipinski definition) is 6. The topological polar surface area (TPSA) is 84.7 Å². The smallest absolute Gasteiger partial charge is 0.232 e. The van der Waals surface area contributed by atoms with Crippen LogP contribution in [0.15, 0.2) is 24.4 Å². The van der Waals surface area contributed by atoms with Gasteiger partial charge >= 0.3 is 0 Å². The van der Waals surface area contributed by atoms with Crippen molar-refractivity contribution in [1.29, 1.82) is 0 Å². The summed E-state index contributed by atoms with van der Waals surface area (Å²) in [5.74, 6) is 0.926. The predicted octanol–water partition coefficient (Wildman–Crippen LogP) is 3.94. The summed E-state index contributed by atoms with van der Waals surface area (Å²) in [6.45, 7) is 11.2. The number of para-hydroxylation sites is 1. The molecule has 172 valence electrons. The third-order valence-corrected chi connectivity index (χ3v) is 8.30. The van der Waals surface area contributed by atoms with Gasteiger partial charge in [0.15, 0.2) is 9.76 Å². The van der Waals surface area contributed by atoms with Crippen molar-refractivity contribution >= 4 is 20.8 Å². The van der Waals surface area contributed by atoms with Crippen LogP contribution in [0.4, 0.5) is 0 Å². The quantitative estimate of drug-likeness (QED) is 0.627. The number of aliphatic hydroxyl groups excluding tert-OH is 2. The maximum absolute atomic E-state index is 11.0. The third kappa shape index (κ3) is 5.83. The second kappa shape index (κ2) is 9.53. The molecule has 1 fully saturated rings. The summed E-state index contributed by atoms with van der Waals surface area (Å²) in [5.41, 5.74) is 1.72. The van der Waals surface area contributed by atoms with E-state index in [0.717, 1.165) is 25.7 Å². The molecule has 1 aromatic carbocycles. The number of rotatable bonds is 7. The van der Waals surface area contributed by atoms with Gasteiger partial charge in [0.05, 0.1) is 36.0 Å². The van der Waals surface area contributed by atoms with Gasteiger partial charge in [-0.05, 0) is 62.5 Å². The van der Waals surface area contributed by atoms with Crippen LogP contribution < -0.4 is 4.74 Å². The van der Waals surface area contributed by atoms with Crippen molar-refractivity contribution in [3.63, 3.8) is 0 Å². The fourth-order valence-electron chi connectivity index (χ4n) is 4.49. The highest BCUT2D eigenvalue weighted by molar-refractivity contribution is 6.31. The lowest BCUT2D eigenvalue weighted by molar-refractivity contribution is -0.0478. The van der Waals surface area contributed by atoms with Crippen molar-refractivity contribution in [3.05, 3.63) is 30.0 Å². The maximum atomic E-state index is 11.0. The molecular formula is C24H38N2O4Si. The van der Waals surface area contributed by atoms with Crippen molar-refractivity contribution in [3.8, 4) is 5.88 Å². The van der Waals surface area contributed by atoms with Crippen molar-refractivity contribution in [1.82, 2.24) is 9.97 Å². The molecule has 0 aliphatic heterocycles. The van der Waals surface area contributed by atoms with E-state index in [-0.39, 0.29) is 16.6 Å². The Bertz CT molecular complexity index is 875. The Labute approximate surface area is 188 Å². The van der Waals surface area contributed by atoms with Crippen LogP contribution in [0.2, 0.25) is 5.04 Å². The van der Waals surface area contributed by atoms with E-state index >= 15 is 0 Å². The molecule has 3 rings (SSSR count). The number of benzene rings is 1. The molecule has 6 nitrogen and oxygen atoms in total. The van der Waals surface area contributed by atoms with E-state index in [1.54, 1.807) is 6.20 Å². The Morgan fingerprint density at radius 1 is 1.06 bits per heavy atom. The van der Waals surface area contributed by atoms with E-state index in [1.807, 2.05) is 18.2 Å². The van der Waals surface area contributed by atoms with Crippen LogP contribution in [-0.4, -0.2) is 48.8 Å². The zero-order chi connectivity index (χ0) is 22.8.